The van der Waals surface area contributed by atoms with Gasteiger partial charge in [-0.15, -0.1) is 0 Å². The van der Waals surface area contributed by atoms with Crippen LogP contribution in [0.25, 0.3) is 10.9 Å². The van der Waals surface area contributed by atoms with E-state index in [1.54, 1.807) is 0 Å². The van der Waals surface area contributed by atoms with E-state index in [2.05, 4.69) is 21.1 Å². The molecule has 0 saturated heterocycles. The number of fused-ring (bicyclic) bond motifs is 1. The standard InChI is InChI=1S/C8H6BrNO.C2H6/c1-5-7-4-6(9)2-3-8(7)10-11-5;1-2/h2-4H,1H3;1-2H3. The normalized spacial score (nSPS) is 9.54. The largest absolute Gasteiger partial charge is 0.360 e. The van der Waals surface area contributed by atoms with Gasteiger partial charge >= 0.3 is 0 Å². The first kappa shape index (κ1) is 10.3. The fourth-order valence-corrected chi connectivity index (χ4v) is 1.40. The average molecular weight is 242 g/mol. The zero-order chi connectivity index (χ0) is 9.84. The Balaban J connectivity index is 0.000000396. The van der Waals surface area contributed by atoms with Crippen molar-refractivity contribution in [1.29, 1.82) is 0 Å². The van der Waals surface area contributed by atoms with Crippen molar-refractivity contribution < 1.29 is 4.52 Å². The van der Waals surface area contributed by atoms with Crippen molar-refractivity contribution in [3.8, 4) is 0 Å². The fraction of sp³-hybridized carbons (Fsp3) is 0.300. The number of hydrogen-bond acceptors (Lipinski definition) is 2. The Morgan fingerprint density at radius 2 is 2.00 bits per heavy atom. The summed E-state index contributed by atoms with van der Waals surface area (Å²) in [5, 5.41) is 4.93. The van der Waals surface area contributed by atoms with E-state index in [0.717, 1.165) is 21.1 Å². The quantitative estimate of drug-likeness (QED) is 0.699. The summed E-state index contributed by atoms with van der Waals surface area (Å²) in [5.41, 5.74) is 0.908. The molecule has 0 aliphatic heterocycles. The summed E-state index contributed by atoms with van der Waals surface area (Å²) in [7, 11) is 0. The molecular weight excluding hydrogens is 230 g/mol. The first-order valence-electron chi connectivity index (χ1n) is 4.29. The van der Waals surface area contributed by atoms with Crippen LogP contribution < -0.4 is 0 Å². The van der Waals surface area contributed by atoms with Gasteiger partial charge in [-0.1, -0.05) is 34.9 Å². The van der Waals surface area contributed by atoms with Crippen LogP contribution in [0.1, 0.15) is 19.6 Å². The molecule has 0 amide bonds. The lowest BCUT2D eigenvalue weighted by atomic mass is 10.2. The molecule has 1 aromatic carbocycles. The van der Waals surface area contributed by atoms with Gasteiger partial charge in [-0.05, 0) is 25.1 Å². The summed E-state index contributed by atoms with van der Waals surface area (Å²) in [5.74, 6) is 0.862. The van der Waals surface area contributed by atoms with Crippen LogP contribution >= 0.6 is 15.9 Å². The molecule has 70 valence electrons. The third-order valence-electron chi connectivity index (χ3n) is 1.62. The van der Waals surface area contributed by atoms with Crippen molar-refractivity contribution in [3.63, 3.8) is 0 Å². The Hall–Kier alpha value is -0.830. The van der Waals surface area contributed by atoms with Gasteiger partial charge in [-0.2, -0.15) is 0 Å². The third-order valence-corrected chi connectivity index (χ3v) is 2.11. The minimum Gasteiger partial charge on any atom is -0.360 e. The molecule has 2 rings (SSSR count). The van der Waals surface area contributed by atoms with Crippen molar-refractivity contribution in [1.82, 2.24) is 5.16 Å². The van der Waals surface area contributed by atoms with Crippen LogP contribution in [-0.2, 0) is 0 Å². The Morgan fingerprint density at radius 1 is 1.31 bits per heavy atom. The Labute approximate surface area is 86.0 Å². The van der Waals surface area contributed by atoms with Crippen molar-refractivity contribution in [2.45, 2.75) is 20.8 Å². The van der Waals surface area contributed by atoms with Gasteiger partial charge in [0.2, 0.25) is 0 Å². The summed E-state index contributed by atoms with van der Waals surface area (Å²) in [6, 6.07) is 5.88. The Kier molecular flexibility index (Phi) is 3.48. The van der Waals surface area contributed by atoms with E-state index >= 15 is 0 Å². The summed E-state index contributed by atoms with van der Waals surface area (Å²) >= 11 is 3.38. The number of aromatic nitrogens is 1. The van der Waals surface area contributed by atoms with Crippen molar-refractivity contribution in [3.05, 3.63) is 28.4 Å². The topological polar surface area (TPSA) is 26.0 Å². The molecule has 1 aromatic heterocycles. The number of aryl methyl sites for hydroxylation is 1. The van der Waals surface area contributed by atoms with E-state index < -0.39 is 0 Å². The maximum Gasteiger partial charge on any atom is 0.141 e. The van der Waals surface area contributed by atoms with Crippen LogP contribution in [0.3, 0.4) is 0 Å². The molecular formula is C10H12BrNO. The Morgan fingerprint density at radius 3 is 2.69 bits per heavy atom. The highest BCUT2D eigenvalue weighted by molar-refractivity contribution is 9.10. The van der Waals surface area contributed by atoms with Gasteiger partial charge in [-0.25, -0.2) is 0 Å². The molecule has 0 unspecified atom stereocenters. The van der Waals surface area contributed by atoms with Crippen LogP contribution in [0, 0.1) is 6.92 Å². The second-order valence-corrected chi connectivity index (χ2v) is 3.32. The van der Waals surface area contributed by atoms with Gasteiger partial charge in [0.1, 0.15) is 11.3 Å². The highest BCUT2D eigenvalue weighted by Gasteiger charge is 2.02. The van der Waals surface area contributed by atoms with Crippen molar-refractivity contribution >= 4 is 26.8 Å². The van der Waals surface area contributed by atoms with Crippen LogP contribution in [-0.4, -0.2) is 5.16 Å². The maximum absolute atomic E-state index is 5.00. The number of halogens is 1. The fourth-order valence-electron chi connectivity index (χ4n) is 1.04. The van der Waals surface area contributed by atoms with E-state index in [9.17, 15) is 0 Å². The molecule has 0 fully saturated rings. The monoisotopic (exact) mass is 241 g/mol. The van der Waals surface area contributed by atoms with Gasteiger partial charge in [0.05, 0.1) is 0 Å². The zero-order valence-corrected chi connectivity index (χ0v) is 9.55. The molecule has 3 heteroatoms. The zero-order valence-electron chi connectivity index (χ0n) is 7.97. The molecule has 0 aliphatic carbocycles. The maximum atomic E-state index is 5.00. The molecule has 2 aromatic rings. The molecule has 0 N–H and O–H groups in total. The van der Waals surface area contributed by atoms with Crippen molar-refractivity contribution in [2.75, 3.05) is 0 Å². The predicted molar refractivity (Wildman–Crippen MR) is 57.8 cm³/mol. The second kappa shape index (κ2) is 4.42. The van der Waals surface area contributed by atoms with Gasteiger partial charge < -0.3 is 4.52 Å². The molecule has 1 heterocycles. The summed E-state index contributed by atoms with van der Waals surface area (Å²) < 4.78 is 6.05. The van der Waals surface area contributed by atoms with Crippen LogP contribution in [0.5, 0.6) is 0 Å². The lowest BCUT2D eigenvalue weighted by Crippen LogP contribution is -1.68. The van der Waals surface area contributed by atoms with Gasteiger partial charge in [0.25, 0.3) is 0 Å². The van der Waals surface area contributed by atoms with Gasteiger partial charge in [0.15, 0.2) is 0 Å². The molecule has 0 saturated carbocycles. The van der Waals surface area contributed by atoms with E-state index in [0.29, 0.717) is 0 Å². The molecule has 0 atom stereocenters. The molecule has 0 radical (unpaired) electrons. The third kappa shape index (κ3) is 2.10. The number of nitrogens with zero attached hydrogens (tertiary/aromatic N) is 1. The predicted octanol–water partition coefficient (Wildman–Crippen LogP) is 3.92. The Bertz CT molecular complexity index is 395. The molecule has 0 bridgehead atoms. The number of benzene rings is 1. The molecule has 0 spiro atoms. The lowest BCUT2D eigenvalue weighted by Gasteiger charge is -1.87. The van der Waals surface area contributed by atoms with E-state index in [1.807, 2.05) is 39.0 Å². The molecule has 2 nitrogen and oxygen atoms in total. The first-order chi connectivity index (χ1) is 6.27. The highest BCUT2D eigenvalue weighted by Crippen LogP contribution is 2.21. The van der Waals surface area contributed by atoms with Gasteiger partial charge in [-0.3, -0.25) is 0 Å². The second-order valence-electron chi connectivity index (χ2n) is 2.40. The SMILES string of the molecule is CC.Cc1onc2ccc(Br)cc12. The minimum atomic E-state index is 0.862. The van der Waals surface area contributed by atoms with Gasteiger partial charge in [0, 0.05) is 9.86 Å². The van der Waals surface area contributed by atoms with E-state index in [4.69, 9.17) is 4.52 Å². The summed E-state index contributed by atoms with van der Waals surface area (Å²) in [6.45, 7) is 5.90. The van der Waals surface area contributed by atoms with Crippen molar-refractivity contribution in [2.24, 2.45) is 0 Å². The summed E-state index contributed by atoms with van der Waals surface area (Å²) in [4.78, 5) is 0. The smallest absolute Gasteiger partial charge is 0.141 e. The lowest BCUT2D eigenvalue weighted by molar-refractivity contribution is 0.405. The average Bonchev–Trinajstić information content (AvgIpc) is 2.52. The summed E-state index contributed by atoms with van der Waals surface area (Å²) in [6.07, 6.45) is 0. The van der Waals surface area contributed by atoms with E-state index in [1.165, 1.54) is 0 Å². The van der Waals surface area contributed by atoms with Crippen LogP contribution in [0.2, 0.25) is 0 Å². The number of hydrogen-bond donors (Lipinski definition) is 0. The van der Waals surface area contributed by atoms with Crippen LogP contribution in [0.4, 0.5) is 0 Å². The molecule has 0 aliphatic rings. The number of rotatable bonds is 0. The van der Waals surface area contributed by atoms with Crippen LogP contribution in [0.15, 0.2) is 27.2 Å². The minimum absolute atomic E-state index is 0.862. The first-order valence-corrected chi connectivity index (χ1v) is 5.08. The van der Waals surface area contributed by atoms with E-state index in [-0.39, 0.29) is 0 Å². The molecule has 13 heavy (non-hydrogen) atoms. The highest BCUT2D eigenvalue weighted by atomic mass is 79.9.